The smallest absolute Gasteiger partial charge is 0.157 e. The van der Waals surface area contributed by atoms with Crippen molar-refractivity contribution >= 4 is 7.26 Å². The second kappa shape index (κ2) is 10.1. The van der Waals surface area contributed by atoms with Gasteiger partial charge >= 0.3 is 0 Å². The lowest BCUT2D eigenvalue weighted by atomic mass is 10.3. The van der Waals surface area contributed by atoms with Gasteiger partial charge in [0.15, 0.2) is 12.7 Å². The van der Waals surface area contributed by atoms with Crippen molar-refractivity contribution in [2.45, 2.75) is 25.2 Å². The highest BCUT2D eigenvalue weighted by atomic mass is 31.2. The molecule has 0 aliphatic carbocycles. The van der Waals surface area contributed by atoms with Crippen molar-refractivity contribution in [1.29, 1.82) is 0 Å². The first kappa shape index (κ1) is 19.3. The molecule has 0 spiro atoms. The van der Waals surface area contributed by atoms with E-state index in [0.29, 0.717) is 0 Å². The molecule has 0 bridgehead atoms. The largest absolute Gasteiger partial charge is 0.872 e. The topological polar surface area (TPSA) is 104 Å². The van der Waals surface area contributed by atoms with E-state index < -0.39 is 7.26 Å². The third-order valence-electron chi connectivity index (χ3n) is 3.55. The molecule has 1 rings (SSSR count). The molecule has 20 heavy (non-hydrogen) atoms. The molecular weight excluding hydrogens is 279 g/mol. The summed E-state index contributed by atoms with van der Waals surface area (Å²) >= 11 is 0. The summed E-state index contributed by atoms with van der Waals surface area (Å²) in [4.78, 5) is 0. The molecule has 1 aromatic carbocycles. The maximum atomic E-state index is 10.3. The van der Waals surface area contributed by atoms with Gasteiger partial charge in [0, 0.05) is 0 Å². The molecule has 116 valence electrons. The molecule has 5 nitrogen and oxygen atoms in total. The van der Waals surface area contributed by atoms with Crippen LogP contribution < -0.4 is 5.11 Å². The van der Waals surface area contributed by atoms with Crippen LogP contribution in [-0.4, -0.2) is 57.7 Å². The van der Waals surface area contributed by atoms with Gasteiger partial charge in [-0.25, -0.2) is 0 Å². The van der Waals surface area contributed by atoms with Crippen molar-refractivity contribution in [3.05, 3.63) is 30.3 Å². The Labute approximate surface area is 120 Å². The Morgan fingerprint density at radius 1 is 0.900 bits per heavy atom. The highest BCUT2D eigenvalue weighted by Gasteiger charge is 2.47. The fourth-order valence-corrected chi connectivity index (χ4v) is 4.51. The van der Waals surface area contributed by atoms with E-state index in [-0.39, 0.29) is 43.0 Å². The first-order valence-corrected chi connectivity index (χ1v) is 8.80. The molecule has 2 unspecified atom stereocenters. The van der Waals surface area contributed by atoms with E-state index in [0.717, 1.165) is 0 Å². The van der Waals surface area contributed by atoms with Crippen molar-refractivity contribution in [2.24, 2.45) is 0 Å². The summed E-state index contributed by atoms with van der Waals surface area (Å²) < 4.78 is 0. The van der Waals surface area contributed by atoms with Crippen LogP contribution in [0.15, 0.2) is 30.3 Å². The van der Waals surface area contributed by atoms with Crippen LogP contribution in [0.5, 0.6) is 5.75 Å². The predicted molar refractivity (Wildman–Crippen MR) is 80.1 cm³/mol. The van der Waals surface area contributed by atoms with Gasteiger partial charge in [-0.3, -0.25) is 0 Å². The van der Waals surface area contributed by atoms with Crippen LogP contribution in [0.1, 0.15) is 13.8 Å². The SMILES string of the molecule is CC(CO)[P+](CO)(CO)C(C)CO.[O-]c1ccccc1. The molecule has 2 atom stereocenters. The van der Waals surface area contributed by atoms with E-state index in [2.05, 4.69) is 0 Å². The van der Waals surface area contributed by atoms with Crippen molar-refractivity contribution < 1.29 is 25.5 Å². The highest BCUT2D eigenvalue weighted by Crippen LogP contribution is 2.64. The number of para-hydroxylation sites is 1. The molecule has 4 N–H and O–H groups in total. The monoisotopic (exact) mass is 304 g/mol. The average Bonchev–Trinajstić information content (AvgIpc) is 2.49. The van der Waals surface area contributed by atoms with Gasteiger partial charge in [0.05, 0.1) is 31.8 Å². The van der Waals surface area contributed by atoms with E-state index in [1.165, 1.54) is 12.1 Å². The zero-order valence-corrected chi connectivity index (χ0v) is 12.9. The fourth-order valence-electron chi connectivity index (χ4n) is 1.78. The molecule has 0 fully saturated rings. The third kappa shape index (κ3) is 5.35. The van der Waals surface area contributed by atoms with Gasteiger partial charge < -0.3 is 25.5 Å². The Morgan fingerprint density at radius 2 is 1.30 bits per heavy atom. The summed E-state index contributed by atoms with van der Waals surface area (Å²) in [5, 5.41) is 46.8. The lowest BCUT2D eigenvalue weighted by Gasteiger charge is -2.32. The Hall–Kier alpha value is -0.710. The zero-order valence-electron chi connectivity index (χ0n) is 12.0. The number of aliphatic hydroxyl groups is 4. The van der Waals surface area contributed by atoms with Crippen LogP contribution in [0.25, 0.3) is 0 Å². The van der Waals surface area contributed by atoms with Gasteiger partial charge in [0.1, 0.15) is 0 Å². The lowest BCUT2D eigenvalue weighted by molar-refractivity contribution is -0.268. The maximum absolute atomic E-state index is 10.3. The molecule has 0 aliphatic heterocycles. The van der Waals surface area contributed by atoms with Gasteiger partial charge in [0.2, 0.25) is 0 Å². The predicted octanol–water partition coefficient (Wildman–Crippen LogP) is 0.425. The minimum atomic E-state index is -2.03. The van der Waals surface area contributed by atoms with Crippen molar-refractivity contribution in [3.8, 4) is 5.75 Å². The summed E-state index contributed by atoms with van der Waals surface area (Å²) in [6, 6.07) is 8.33. The van der Waals surface area contributed by atoms with Crippen LogP contribution in [-0.2, 0) is 0 Å². The van der Waals surface area contributed by atoms with Crippen LogP contribution in [0.2, 0.25) is 0 Å². The second-order valence-electron chi connectivity index (χ2n) is 4.76. The van der Waals surface area contributed by atoms with Crippen LogP contribution in [0.4, 0.5) is 0 Å². The van der Waals surface area contributed by atoms with E-state index in [1.807, 2.05) is 6.07 Å². The van der Waals surface area contributed by atoms with E-state index in [1.54, 1.807) is 26.0 Å². The van der Waals surface area contributed by atoms with E-state index in [4.69, 9.17) is 10.2 Å². The number of aliphatic hydroxyl groups excluding tert-OH is 4. The molecule has 1 aromatic rings. The number of hydrogen-bond acceptors (Lipinski definition) is 5. The normalized spacial score (nSPS) is 14.1. The van der Waals surface area contributed by atoms with Gasteiger partial charge in [0.25, 0.3) is 0 Å². The molecular formula is C14H25O5P. The first-order chi connectivity index (χ1) is 9.48. The maximum Gasteiger partial charge on any atom is 0.157 e. The summed E-state index contributed by atoms with van der Waals surface area (Å²) in [6.07, 6.45) is -0.236. The van der Waals surface area contributed by atoms with Crippen molar-refractivity contribution in [1.82, 2.24) is 0 Å². The molecule has 0 heterocycles. The van der Waals surface area contributed by atoms with Gasteiger partial charge in [-0.2, -0.15) is 0 Å². The Balaban J connectivity index is 0.000000428. The number of benzene rings is 1. The summed E-state index contributed by atoms with van der Waals surface area (Å²) in [5.41, 5.74) is -0.241. The van der Waals surface area contributed by atoms with Crippen molar-refractivity contribution in [2.75, 3.05) is 25.9 Å². The lowest BCUT2D eigenvalue weighted by Crippen LogP contribution is -2.29. The van der Waals surface area contributed by atoms with Crippen LogP contribution in [0.3, 0.4) is 0 Å². The minimum Gasteiger partial charge on any atom is -0.872 e. The first-order valence-electron chi connectivity index (χ1n) is 6.50. The Bertz CT molecular complexity index is 331. The summed E-state index contributed by atoms with van der Waals surface area (Å²) in [6.45, 7) is 3.48. The van der Waals surface area contributed by atoms with E-state index >= 15 is 0 Å². The molecule has 0 aromatic heterocycles. The zero-order chi connectivity index (χ0) is 15.6. The quantitative estimate of drug-likeness (QED) is 0.570. The van der Waals surface area contributed by atoms with E-state index in [9.17, 15) is 15.3 Å². The number of rotatable bonds is 6. The molecule has 0 amide bonds. The summed E-state index contributed by atoms with van der Waals surface area (Å²) in [7, 11) is -2.03. The second-order valence-corrected chi connectivity index (χ2v) is 9.30. The van der Waals surface area contributed by atoms with Gasteiger partial charge in [-0.05, 0) is 13.8 Å². The standard InChI is InChI=1S/C8H20O4P.C6H6O/c1-7(3-9)13(5-11,6-12)8(2)4-10;7-6-4-2-1-3-5-6/h7-12H,3-6H2,1-2H3;1-5,7H/q+1;/p-1. The Morgan fingerprint density at radius 3 is 1.50 bits per heavy atom. The molecule has 0 aliphatic rings. The number of hydrogen-bond donors (Lipinski definition) is 4. The van der Waals surface area contributed by atoms with Gasteiger partial charge in [-0.1, -0.05) is 30.3 Å². The van der Waals surface area contributed by atoms with Crippen LogP contribution in [0, 0.1) is 0 Å². The van der Waals surface area contributed by atoms with Gasteiger partial charge in [-0.15, -0.1) is 5.75 Å². The summed E-state index contributed by atoms with van der Waals surface area (Å²) in [5.74, 6) is 0.0718. The van der Waals surface area contributed by atoms with Crippen LogP contribution >= 0.6 is 7.26 Å². The highest BCUT2D eigenvalue weighted by molar-refractivity contribution is 7.76. The molecule has 0 saturated heterocycles. The van der Waals surface area contributed by atoms with Crippen molar-refractivity contribution in [3.63, 3.8) is 0 Å². The third-order valence-corrected chi connectivity index (χ3v) is 8.45. The molecule has 0 saturated carbocycles. The molecule has 6 heteroatoms. The Kier molecular flexibility index (Phi) is 9.72. The average molecular weight is 304 g/mol. The minimum absolute atomic E-state index is 0.0563. The fraction of sp³-hybridized carbons (Fsp3) is 0.571. The molecule has 0 radical (unpaired) electrons.